The molecule has 4 rings (SSSR count). The van der Waals surface area contributed by atoms with Gasteiger partial charge in [0.25, 0.3) is 5.56 Å². The SMILES string of the molecule is CC(C)(C)C1CCc2c(sc3nnn(CC(=O)NCc4ccco4)c(=O)c23)C1. The highest BCUT2D eigenvalue weighted by Crippen LogP contribution is 2.41. The number of fused-ring (bicyclic) bond motifs is 3. The molecule has 0 fully saturated rings. The van der Waals surface area contributed by atoms with Crippen molar-refractivity contribution in [2.24, 2.45) is 11.3 Å². The van der Waals surface area contributed by atoms with Crippen LogP contribution in [0, 0.1) is 11.3 Å². The van der Waals surface area contributed by atoms with E-state index in [0.717, 1.165) is 29.5 Å². The minimum atomic E-state index is -0.302. The van der Waals surface area contributed by atoms with Crippen molar-refractivity contribution in [1.82, 2.24) is 20.3 Å². The first-order valence-corrected chi connectivity index (χ1v) is 10.3. The lowest BCUT2D eigenvalue weighted by atomic mass is 9.72. The third-order valence-electron chi connectivity index (χ3n) is 5.50. The van der Waals surface area contributed by atoms with E-state index >= 15 is 0 Å². The Bertz CT molecular complexity index is 1060. The Balaban J connectivity index is 1.56. The number of rotatable bonds is 4. The molecule has 3 aromatic rings. The van der Waals surface area contributed by atoms with Gasteiger partial charge in [0, 0.05) is 4.88 Å². The van der Waals surface area contributed by atoms with Crippen molar-refractivity contribution in [3.8, 4) is 0 Å². The van der Waals surface area contributed by atoms with Crippen LogP contribution in [0.2, 0.25) is 0 Å². The van der Waals surface area contributed by atoms with E-state index in [0.29, 0.717) is 21.9 Å². The monoisotopic (exact) mass is 400 g/mol. The molecule has 0 aliphatic heterocycles. The van der Waals surface area contributed by atoms with Crippen molar-refractivity contribution in [3.63, 3.8) is 0 Å². The van der Waals surface area contributed by atoms with Crippen molar-refractivity contribution in [1.29, 1.82) is 0 Å². The predicted molar refractivity (Wildman–Crippen MR) is 107 cm³/mol. The number of carbonyl (C=O) groups excluding carboxylic acids is 1. The number of hydrogen-bond donors (Lipinski definition) is 1. The van der Waals surface area contributed by atoms with Gasteiger partial charge in [0.05, 0.1) is 18.2 Å². The zero-order chi connectivity index (χ0) is 19.9. The Hall–Kier alpha value is -2.48. The second kappa shape index (κ2) is 7.16. The van der Waals surface area contributed by atoms with E-state index in [1.807, 2.05) is 0 Å². The van der Waals surface area contributed by atoms with Crippen LogP contribution in [-0.4, -0.2) is 20.9 Å². The van der Waals surface area contributed by atoms with Gasteiger partial charge in [-0.3, -0.25) is 9.59 Å². The zero-order valence-corrected chi connectivity index (χ0v) is 17.1. The highest BCUT2D eigenvalue weighted by atomic mass is 32.1. The summed E-state index contributed by atoms with van der Waals surface area (Å²) in [4.78, 5) is 27.1. The zero-order valence-electron chi connectivity index (χ0n) is 16.3. The Morgan fingerprint density at radius 2 is 2.25 bits per heavy atom. The van der Waals surface area contributed by atoms with Crippen LogP contribution in [0.3, 0.4) is 0 Å². The van der Waals surface area contributed by atoms with Gasteiger partial charge in [0.15, 0.2) is 4.83 Å². The molecule has 28 heavy (non-hydrogen) atoms. The molecule has 0 aromatic carbocycles. The van der Waals surface area contributed by atoms with Crippen molar-refractivity contribution < 1.29 is 9.21 Å². The van der Waals surface area contributed by atoms with Gasteiger partial charge in [-0.1, -0.05) is 26.0 Å². The smallest absolute Gasteiger partial charge is 0.279 e. The number of aromatic nitrogens is 3. The molecule has 1 aliphatic carbocycles. The molecule has 1 N–H and O–H groups in total. The number of furan rings is 1. The molecule has 1 aliphatic rings. The van der Waals surface area contributed by atoms with Gasteiger partial charge in [0.1, 0.15) is 12.3 Å². The van der Waals surface area contributed by atoms with E-state index in [2.05, 4.69) is 36.4 Å². The number of nitrogens with one attached hydrogen (secondary N) is 1. The minimum absolute atomic E-state index is 0.155. The van der Waals surface area contributed by atoms with Crippen LogP contribution in [0.1, 0.15) is 43.4 Å². The lowest BCUT2D eigenvalue weighted by molar-refractivity contribution is -0.122. The topological polar surface area (TPSA) is 90.0 Å². The van der Waals surface area contributed by atoms with Crippen LogP contribution in [0.5, 0.6) is 0 Å². The maximum atomic E-state index is 13.0. The molecular weight excluding hydrogens is 376 g/mol. The summed E-state index contributed by atoms with van der Waals surface area (Å²) in [6, 6.07) is 3.54. The van der Waals surface area contributed by atoms with Crippen molar-refractivity contribution in [3.05, 3.63) is 45.0 Å². The van der Waals surface area contributed by atoms with Crippen LogP contribution in [0.25, 0.3) is 10.2 Å². The summed E-state index contributed by atoms with van der Waals surface area (Å²) in [6.07, 6.45) is 4.47. The molecule has 0 saturated carbocycles. The van der Waals surface area contributed by atoms with Crippen LogP contribution >= 0.6 is 11.3 Å². The fraction of sp³-hybridized carbons (Fsp3) is 0.500. The van der Waals surface area contributed by atoms with E-state index < -0.39 is 0 Å². The molecule has 1 amide bonds. The van der Waals surface area contributed by atoms with Crippen LogP contribution in [0.15, 0.2) is 27.6 Å². The van der Waals surface area contributed by atoms with Crippen LogP contribution in [0.4, 0.5) is 0 Å². The fourth-order valence-electron chi connectivity index (χ4n) is 3.76. The van der Waals surface area contributed by atoms with Gasteiger partial charge in [-0.25, -0.2) is 4.68 Å². The third kappa shape index (κ3) is 3.61. The Morgan fingerprint density at radius 3 is 2.96 bits per heavy atom. The van der Waals surface area contributed by atoms with E-state index in [4.69, 9.17) is 4.42 Å². The predicted octanol–water partition coefficient (Wildman–Crippen LogP) is 2.91. The van der Waals surface area contributed by atoms with E-state index in [-0.39, 0.29) is 30.0 Å². The van der Waals surface area contributed by atoms with Crippen LogP contribution in [-0.2, 0) is 30.7 Å². The summed E-state index contributed by atoms with van der Waals surface area (Å²) in [5, 5.41) is 11.6. The Morgan fingerprint density at radius 1 is 1.43 bits per heavy atom. The Labute approximate surface area is 166 Å². The molecule has 3 heterocycles. The number of amides is 1. The molecule has 7 nitrogen and oxygen atoms in total. The molecule has 1 atom stereocenters. The molecule has 3 aromatic heterocycles. The average molecular weight is 401 g/mol. The highest BCUT2D eigenvalue weighted by molar-refractivity contribution is 7.18. The van der Waals surface area contributed by atoms with Crippen molar-refractivity contribution >= 4 is 27.5 Å². The van der Waals surface area contributed by atoms with Crippen molar-refractivity contribution in [2.75, 3.05) is 0 Å². The molecule has 1 unspecified atom stereocenters. The Kier molecular flexibility index (Phi) is 4.82. The van der Waals surface area contributed by atoms with Gasteiger partial charge in [-0.05, 0) is 48.3 Å². The first-order chi connectivity index (χ1) is 13.3. The van der Waals surface area contributed by atoms with Gasteiger partial charge in [-0.15, -0.1) is 16.4 Å². The fourth-order valence-corrected chi connectivity index (χ4v) is 5.00. The molecule has 8 heteroatoms. The first-order valence-electron chi connectivity index (χ1n) is 9.50. The standard InChI is InChI=1S/C20H24N4O3S/c1-20(2,3)12-6-7-14-15(9-12)28-18-17(14)19(26)24(23-22-18)11-16(25)21-10-13-5-4-8-27-13/h4-5,8,12H,6-7,9-11H2,1-3H3,(H,21,25). The molecule has 0 saturated heterocycles. The van der Waals surface area contributed by atoms with E-state index in [1.165, 1.54) is 4.88 Å². The summed E-state index contributed by atoms with van der Waals surface area (Å²) >= 11 is 1.57. The second-order valence-corrected chi connectivity index (χ2v) is 9.48. The summed E-state index contributed by atoms with van der Waals surface area (Å²) in [6.45, 7) is 6.92. The maximum absolute atomic E-state index is 13.0. The molecule has 0 radical (unpaired) electrons. The number of carbonyl (C=O) groups is 1. The summed E-state index contributed by atoms with van der Waals surface area (Å²) < 4.78 is 6.35. The van der Waals surface area contributed by atoms with Crippen molar-refractivity contribution in [2.45, 2.75) is 53.1 Å². The van der Waals surface area contributed by atoms with Gasteiger partial charge >= 0.3 is 0 Å². The van der Waals surface area contributed by atoms with Gasteiger partial charge < -0.3 is 9.73 Å². The maximum Gasteiger partial charge on any atom is 0.279 e. The van der Waals surface area contributed by atoms with Gasteiger partial charge in [-0.2, -0.15) is 0 Å². The lowest BCUT2D eigenvalue weighted by Crippen LogP contribution is -2.34. The summed E-state index contributed by atoms with van der Waals surface area (Å²) in [7, 11) is 0. The van der Waals surface area contributed by atoms with E-state index in [9.17, 15) is 9.59 Å². The molecule has 0 spiro atoms. The second-order valence-electron chi connectivity index (χ2n) is 8.40. The number of hydrogen-bond acceptors (Lipinski definition) is 6. The highest BCUT2D eigenvalue weighted by Gasteiger charge is 2.32. The summed E-state index contributed by atoms with van der Waals surface area (Å²) in [5.41, 5.74) is 1.11. The average Bonchev–Trinajstić information content (AvgIpc) is 3.28. The van der Waals surface area contributed by atoms with Gasteiger partial charge in [0.2, 0.25) is 5.91 Å². The molecular formula is C20H24N4O3S. The normalized spacial score (nSPS) is 16.9. The minimum Gasteiger partial charge on any atom is -0.467 e. The van der Waals surface area contributed by atoms with E-state index in [1.54, 1.807) is 29.7 Å². The third-order valence-corrected chi connectivity index (χ3v) is 6.64. The molecule has 148 valence electrons. The summed E-state index contributed by atoms with van der Waals surface area (Å²) in [5.74, 6) is 0.946. The quantitative estimate of drug-likeness (QED) is 0.727. The molecule has 0 bridgehead atoms. The number of nitrogens with zero attached hydrogens (tertiary/aromatic N) is 3. The largest absolute Gasteiger partial charge is 0.467 e. The number of aryl methyl sites for hydroxylation is 1. The lowest BCUT2D eigenvalue weighted by Gasteiger charge is -2.33. The van der Waals surface area contributed by atoms with Crippen LogP contribution < -0.4 is 10.9 Å². The first kappa shape index (κ1) is 18.9. The number of thiophene rings is 1.